The van der Waals surface area contributed by atoms with Gasteiger partial charge in [-0.15, -0.1) is 11.1 Å². The highest BCUT2D eigenvalue weighted by molar-refractivity contribution is 7.16. The molecule has 0 amide bonds. The molecule has 178 valence electrons. The van der Waals surface area contributed by atoms with Crippen LogP contribution in [0.3, 0.4) is 0 Å². The van der Waals surface area contributed by atoms with Crippen molar-refractivity contribution in [3.63, 3.8) is 0 Å². The van der Waals surface area contributed by atoms with Crippen LogP contribution < -0.4 is 0 Å². The van der Waals surface area contributed by atoms with Crippen molar-refractivity contribution in [1.82, 2.24) is 0 Å². The fourth-order valence-corrected chi connectivity index (χ4v) is 14.9. The zero-order valence-electron chi connectivity index (χ0n) is 21.6. The van der Waals surface area contributed by atoms with Gasteiger partial charge < -0.3 is 0 Å². The standard InChI is InChI=1S/C35H30Si2/c1-36(2,26-24-29-16-8-4-9-17-29)35-34(32-22-14-7-15-23-32)33(31-20-12-6-13-21-31)28-37(35,3)27-25-30-18-10-5-11-19-30/h4-23,28H,1-3H3. The van der Waals surface area contributed by atoms with Crippen molar-refractivity contribution in [3.05, 3.63) is 154 Å². The van der Waals surface area contributed by atoms with Crippen molar-refractivity contribution in [1.29, 1.82) is 0 Å². The Morgan fingerprint density at radius 3 is 1.57 bits per heavy atom. The molecule has 1 unspecified atom stereocenters. The van der Waals surface area contributed by atoms with Gasteiger partial charge in [0.1, 0.15) is 0 Å². The Bertz CT molecular complexity index is 1570. The summed E-state index contributed by atoms with van der Waals surface area (Å²) in [6.07, 6.45) is 0. The van der Waals surface area contributed by atoms with Crippen molar-refractivity contribution in [2.24, 2.45) is 0 Å². The van der Waals surface area contributed by atoms with E-state index in [0.717, 1.165) is 11.1 Å². The van der Waals surface area contributed by atoms with Crippen molar-refractivity contribution in [3.8, 4) is 22.9 Å². The van der Waals surface area contributed by atoms with Gasteiger partial charge in [-0.05, 0) is 46.5 Å². The van der Waals surface area contributed by atoms with Gasteiger partial charge in [0.15, 0.2) is 16.1 Å². The minimum Gasteiger partial charge on any atom is -0.121 e. The Hall–Kier alpha value is -4.09. The highest BCUT2D eigenvalue weighted by atomic mass is 28.4. The molecule has 0 N–H and O–H groups in total. The fraction of sp³-hybridized carbons (Fsp3) is 0.0857. The highest BCUT2D eigenvalue weighted by Gasteiger charge is 2.46. The summed E-state index contributed by atoms with van der Waals surface area (Å²) in [6, 6.07) is 42.3. The maximum Gasteiger partial charge on any atom is 0.184 e. The predicted octanol–water partition coefficient (Wildman–Crippen LogP) is 8.12. The van der Waals surface area contributed by atoms with E-state index >= 15 is 0 Å². The van der Waals surface area contributed by atoms with Crippen LogP contribution in [-0.2, 0) is 0 Å². The zero-order valence-corrected chi connectivity index (χ0v) is 23.6. The second-order valence-corrected chi connectivity index (χ2v) is 18.0. The van der Waals surface area contributed by atoms with Crippen LogP contribution in [0, 0.1) is 22.9 Å². The largest absolute Gasteiger partial charge is 0.184 e. The number of rotatable bonds is 3. The lowest BCUT2D eigenvalue weighted by Gasteiger charge is -2.29. The van der Waals surface area contributed by atoms with Crippen LogP contribution in [0.15, 0.2) is 132 Å². The topological polar surface area (TPSA) is 0 Å². The molecule has 0 spiro atoms. The molecule has 2 heteroatoms. The Balaban J connectivity index is 1.77. The molecule has 1 atom stereocenters. The average Bonchev–Trinajstić information content (AvgIpc) is 3.27. The summed E-state index contributed by atoms with van der Waals surface area (Å²) in [4.78, 5) is 1.51. The maximum atomic E-state index is 3.85. The third kappa shape index (κ3) is 5.37. The minimum absolute atomic E-state index is 1.06. The van der Waals surface area contributed by atoms with Crippen LogP contribution >= 0.6 is 0 Å². The fourth-order valence-electron chi connectivity index (χ4n) is 5.17. The third-order valence-corrected chi connectivity index (χ3v) is 15.3. The summed E-state index contributed by atoms with van der Waals surface area (Å²) in [5, 5.41) is 0. The molecule has 4 aromatic carbocycles. The molecule has 0 nitrogen and oxygen atoms in total. The van der Waals surface area contributed by atoms with Crippen LogP contribution in [0.4, 0.5) is 0 Å². The molecule has 4 aromatic rings. The minimum atomic E-state index is -2.35. The van der Waals surface area contributed by atoms with Crippen molar-refractivity contribution < 1.29 is 0 Å². The first-order valence-electron chi connectivity index (χ1n) is 12.7. The maximum absolute atomic E-state index is 3.85. The van der Waals surface area contributed by atoms with Gasteiger partial charge in [0.2, 0.25) is 0 Å². The monoisotopic (exact) mass is 506 g/mol. The summed E-state index contributed by atoms with van der Waals surface area (Å²) in [5.74, 6) is 7.08. The molecule has 1 aliphatic rings. The van der Waals surface area contributed by atoms with Gasteiger partial charge in [-0.1, -0.05) is 139 Å². The second kappa shape index (κ2) is 10.5. The molecule has 5 rings (SSSR count). The van der Waals surface area contributed by atoms with Crippen molar-refractivity contribution in [2.45, 2.75) is 19.6 Å². The first-order valence-corrected chi connectivity index (χ1v) is 18.3. The van der Waals surface area contributed by atoms with Crippen LogP contribution in [0.2, 0.25) is 19.6 Å². The number of hydrogen-bond donors (Lipinski definition) is 0. The molecule has 0 aromatic heterocycles. The van der Waals surface area contributed by atoms with E-state index < -0.39 is 16.1 Å². The number of hydrogen-bond acceptors (Lipinski definition) is 0. The molecule has 0 bridgehead atoms. The number of allylic oxidation sites excluding steroid dienone is 2. The lowest BCUT2D eigenvalue weighted by Crippen LogP contribution is -2.43. The van der Waals surface area contributed by atoms with E-state index in [1.54, 1.807) is 0 Å². The van der Waals surface area contributed by atoms with Gasteiger partial charge in [0, 0.05) is 11.1 Å². The van der Waals surface area contributed by atoms with E-state index in [1.165, 1.54) is 27.1 Å². The Morgan fingerprint density at radius 1 is 0.568 bits per heavy atom. The zero-order chi connectivity index (χ0) is 25.7. The molecule has 0 saturated carbocycles. The quantitative estimate of drug-likeness (QED) is 0.194. The summed E-state index contributed by atoms with van der Waals surface area (Å²) in [7, 11) is -4.57. The highest BCUT2D eigenvalue weighted by Crippen LogP contribution is 2.47. The van der Waals surface area contributed by atoms with Crippen molar-refractivity contribution in [2.75, 3.05) is 0 Å². The van der Waals surface area contributed by atoms with Gasteiger partial charge in [0.05, 0.1) is 0 Å². The summed E-state index contributed by atoms with van der Waals surface area (Å²) in [5.41, 5.74) is 17.5. The molecule has 1 aliphatic heterocycles. The van der Waals surface area contributed by atoms with Gasteiger partial charge in [-0.3, -0.25) is 0 Å². The molecular formula is C35H30Si2. The van der Waals surface area contributed by atoms with Crippen LogP contribution in [0.1, 0.15) is 22.3 Å². The van der Waals surface area contributed by atoms with Gasteiger partial charge in [-0.2, -0.15) is 0 Å². The van der Waals surface area contributed by atoms with Crippen molar-refractivity contribution >= 4 is 27.3 Å². The molecule has 0 radical (unpaired) electrons. The van der Waals surface area contributed by atoms with Crippen LogP contribution in [-0.4, -0.2) is 16.1 Å². The summed E-state index contributed by atoms with van der Waals surface area (Å²) >= 11 is 0. The molecule has 37 heavy (non-hydrogen) atoms. The molecule has 1 heterocycles. The smallest absolute Gasteiger partial charge is 0.121 e. The lowest BCUT2D eigenvalue weighted by molar-refractivity contribution is 1.59. The van der Waals surface area contributed by atoms with E-state index in [9.17, 15) is 0 Å². The van der Waals surface area contributed by atoms with Gasteiger partial charge >= 0.3 is 0 Å². The van der Waals surface area contributed by atoms with Crippen LogP contribution in [0.5, 0.6) is 0 Å². The molecule has 0 aliphatic carbocycles. The summed E-state index contributed by atoms with van der Waals surface area (Å²) < 4.78 is 0. The van der Waals surface area contributed by atoms with E-state index in [1.807, 2.05) is 12.1 Å². The Morgan fingerprint density at radius 2 is 1.03 bits per heavy atom. The third-order valence-electron chi connectivity index (χ3n) is 6.78. The van der Waals surface area contributed by atoms with Crippen LogP contribution in [0.25, 0.3) is 11.1 Å². The average molecular weight is 507 g/mol. The first-order chi connectivity index (χ1) is 18.0. The first kappa shape index (κ1) is 24.6. The normalized spacial score (nSPS) is 16.8. The molecule has 0 fully saturated rings. The van der Waals surface area contributed by atoms with E-state index in [-0.39, 0.29) is 0 Å². The lowest BCUT2D eigenvalue weighted by atomic mass is 9.95. The Labute approximate surface area is 223 Å². The Kier molecular flexibility index (Phi) is 6.98. The SMILES string of the molecule is C[Si](C)(C#Cc1ccccc1)C1=C(c2ccccc2)C(c2ccccc2)=C[Si]1(C)C#Cc1ccccc1. The second-order valence-electron chi connectivity index (χ2n) is 10.1. The predicted molar refractivity (Wildman–Crippen MR) is 164 cm³/mol. The van der Waals surface area contributed by atoms with Gasteiger partial charge in [0.25, 0.3) is 0 Å². The summed E-state index contributed by atoms with van der Waals surface area (Å²) in [6.45, 7) is 7.22. The van der Waals surface area contributed by atoms with E-state index in [2.05, 4.69) is 157 Å². The molecule has 0 saturated heterocycles. The van der Waals surface area contributed by atoms with Gasteiger partial charge in [-0.25, -0.2) is 0 Å². The van der Waals surface area contributed by atoms with E-state index in [4.69, 9.17) is 0 Å². The number of benzene rings is 4. The van der Waals surface area contributed by atoms with E-state index in [0.29, 0.717) is 0 Å². The molecular weight excluding hydrogens is 477 g/mol.